The number of rotatable bonds is 6. The minimum absolute atomic E-state index is 0.0813. The van der Waals surface area contributed by atoms with Gasteiger partial charge in [-0.25, -0.2) is 9.59 Å². The third-order valence-corrected chi connectivity index (χ3v) is 2.52. The second-order valence-corrected chi connectivity index (χ2v) is 4.13. The average Bonchev–Trinajstić information content (AvgIpc) is 2.74. The number of aryl methyl sites for hydroxylation is 1. The summed E-state index contributed by atoms with van der Waals surface area (Å²) >= 11 is 0. The molecule has 0 aliphatic heterocycles. The Morgan fingerprint density at radius 1 is 1.63 bits per heavy atom. The van der Waals surface area contributed by atoms with Crippen LogP contribution in [-0.4, -0.2) is 58.6 Å². The molecule has 8 heteroatoms. The number of aliphatic carboxylic acids is 1. The lowest BCUT2D eigenvalue weighted by molar-refractivity contribution is -0.148. The second-order valence-electron chi connectivity index (χ2n) is 4.13. The van der Waals surface area contributed by atoms with Gasteiger partial charge in [-0.05, 0) is 0 Å². The van der Waals surface area contributed by atoms with E-state index in [1.165, 1.54) is 12.0 Å². The number of carboxylic acid groups (broad SMARTS) is 1. The minimum atomic E-state index is -1.11. The normalized spacial score (nSPS) is 11.9. The van der Waals surface area contributed by atoms with E-state index in [-0.39, 0.29) is 12.6 Å². The molecule has 1 unspecified atom stereocenters. The molecular weight excluding hydrogens is 252 g/mol. The van der Waals surface area contributed by atoms with Gasteiger partial charge in [0, 0.05) is 33.0 Å². The number of carbonyl (C=O) groups is 2. The highest BCUT2D eigenvalue weighted by molar-refractivity contribution is 5.76. The molecule has 1 heterocycles. The SMILES string of the molecule is COC(CNC(=O)N(C)Cc1cnn(C)c1)C(=O)O. The maximum Gasteiger partial charge on any atom is 0.334 e. The first kappa shape index (κ1) is 15.0. The van der Waals surface area contributed by atoms with Crippen LogP contribution in [0.3, 0.4) is 0 Å². The quantitative estimate of drug-likeness (QED) is 0.737. The van der Waals surface area contributed by atoms with Gasteiger partial charge in [0.1, 0.15) is 0 Å². The molecule has 0 radical (unpaired) electrons. The van der Waals surface area contributed by atoms with Crippen LogP contribution in [0.4, 0.5) is 4.79 Å². The lowest BCUT2D eigenvalue weighted by Crippen LogP contribution is -2.43. The van der Waals surface area contributed by atoms with Crippen LogP contribution in [0.15, 0.2) is 12.4 Å². The Bertz CT molecular complexity index is 446. The summed E-state index contributed by atoms with van der Waals surface area (Å²) in [4.78, 5) is 23.9. The van der Waals surface area contributed by atoms with Gasteiger partial charge in [-0.3, -0.25) is 4.68 Å². The molecule has 1 aromatic heterocycles. The van der Waals surface area contributed by atoms with Crippen molar-refractivity contribution in [2.75, 3.05) is 20.7 Å². The van der Waals surface area contributed by atoms with Gasteiger partial charge in [0.15, 0.2) is 6.10 Å². The average molecular weight is 270 g/mol. The summed E-state index contributed by atoms with van der Waals surface area (Å²) in [5.74, 6) is -1.11. The van der Waals surface area contributed by atoms with E-state index in [2.05, 4.69) is 10.4 Å². The van der Waals surface area contributed by atoms with Crippen LogP contribution in [0.1, 0.15) is 5.56 Å². The van der Waals surface area contributed by atoms with Crippen molar-refractivity contribution in [2.24, 2.45) is 7.05 Å². The number of ether oxygens (including phenoxy) is 1. The summed E-state index contributed by atoms with van der Waals surface area (Å²) in [5.41, 5.74) is 0.890. The molecule has 8 nitrogen and oxygen atoms in total. The van der Waals surface area contributed by atoms with Crippen LogP contribution in [0, 0.1) is 0 Å². The van der Waals surface area contributed by atoms with Crippen molar-refractivity contribution in [3.8, 4) is 0 Å². The molecule has 0 bridgehead atoms. The Kier molecular flexibility index (Phi) is 5.31. The van der Waals surface area contributed by atoms with Crippen molar-refractivity contribution < 1.29 is 19.4 Å². The van der Waals surface area contributed by atoms with E-state index in [9.17, 15) is 9.59 Å². The fraction of sp³-hybridized carbons (Fsp3) is 0.545. The molecule has 1 aromatic rings. The fourth-order valence-corrected chi connectivity index (χ4v) is 1.49. The van der Waals surface area contributed by atoms with E-state index in [4.69, 9.17) is 9.84 Å². The molecule has 0 fully saturated rings. The summed E-state index contributed by atoms with van der Waals surface area (Å²) in [7, 11) is 4.69. The molecule has 19 heavy (non-hydrogen) atoms. The number of amides is 2. The Labute approximate surface area is 110 Å². The summed E-state index contributed by atoms with van der Waals surface area (Å²) in [6.45, 7) is 0.312. The highest BCUT2D eigenvalue weighted by Gasteiger charge is 2.18. The van der Waals surface area contributed by atoms with Gasteiger partial charge in [-0.1, -0.05) is 0 Å². The number of hydrogen-bond acceptors (Lipinski definition) is 4. The second kappa shape index (κ2) is 6.74. The number of methoxy groups -OCH3 is 1. The molecule has 0 saturated heterocycles. The molecule has 2 N–H and O–H groups in total. The zero-order valence-corrected chi connectivity index (χ0v) is 11.2. The van der Waals surface area contributed by atoms with Crippen molar-refractivity contribution in [3.05, 3.63) is 18.0 Å². The van der Waals surface area contributed by atoms with Gasteiger partial charge < -0.3 is 20.1 Å². The predicted octanol–water partition coefficient (Wildman–Crippen LogP) is -0.339. The van der Waals surface area contributed by atoms with Crippen LogP contribution in [-0.2, 0) is 23.1 Å². The topological polar surface area (TPSA) is 96.7 Å². The number of hydrogen-bond donors (Lipinski definition) is 2. The summed E-state index contributed by atoms with van der Waals surface area (Å²) in [6, 6.07) is -0.368. The van der Waals surface area contributed by atoms with Crippen LogP contribution in [0.25, 0.3) is 0 Å². The zero-order valence-electron chi connectivity index (χ0n) is 11.2. The summed E-state index contributed by atoms with van der Waals surface area (Å²) in [5, 5.41) is 15.3. The van der Waals surface area contributed by atoms with Gasteiger partial charge in [-0.2, -0.15) is 5.10 Å². The van der Waals surface area contributed by atoms with E-state index in [0.717, 1.165) is 5.56 Å². The number of nitrogens with zero attached hydrogens (tertiary/aromatic N) is 3. The van der Waals surface area contributed by atoms with Crippen LogP contribution in [0.2, 0.25) is 0 Å². The number of urea groups is 1. The minimum Gasteiger partial charge on any atom is -0.479 e. The van der Waals surface area contributed by atoms with Gasteiger partial charge >= 0.3 is 12.0 Å². The van der Waals surface area contributed by atoms with Crippen molar-refractivity contribution in [2.45, 2.75) is 12.6 Å². The van der Waals surface area contributed by atoms with E-state index in [1.807, 2.05) is 0 Å². The molecule has 0 saturated carbocycles. The fourth-order valence-electron chi connectivity index (χ4n) is 1.49. The first-order valence-corrected chi connectivity index (χ1v) is 5.66. The van der Waals surface area contributed by atoms with Gasteiger partial charge in [0.05, 0.1) is 19.3 Å². The smallest absolute Gasteiger partial charge is 0.334 e. The Hall–Kier alpha value is -2.09. The van der Waals surface area contributed by atoms with E-state index < -0.39 is 12.1 Å². The number of carbonyl (C=O) groups excluding carboxylic acids is 1. The largest absolute Gasteiger partial charge is 0.479 e. The van der Waals surface area contributed by atoms with Crippen LogP contribution in [0.5, 0.6) is 0 Å². The highest BCUT2D eigenvalue weighted by Crippen LogP contribution is 2.01. The molecule has 0 aliphatic rings. The Morgan fingerprint density at radius 2 is 2.32 bits per heavy atom. The Balaban J connectivity index is 2.42. The number of aromatic nitrogens is 2. The maximum absolute atomic E-state index is 11.7. The first-order chi connectivity index (χ1) is 8.93. The third kappa shape index (κ3) is 4.59. The molecule has 0 spiro atoms. The first-order valence-electron chi connectivity index (χ1n) is 5.66. The molecule has 0 aliphatic carbocycles. The summed E-state index contributed by atoms with van der Waals surface area (Å²) in [6.07, 6.45) is 2.42. The van der Waals surface area contributed by atoms with Gasteiger partial charge in [0.25, 0.3) is 0 Å². The molecule has 0 aromatic carbocycles. The maximum atomic E-state index is 11.7. The molecule has 1 rings (SSSR count). The number of carboxylic acids is 1. The van der Waals surface area contributed by atoms with Crippen LogP contribution < -0.4 is 5.32 Å². The molecule has 2 amide bonds. The number of nitrogens with one attached hydrogen (secondary N) is 1. The van der Waals surface area contributed by atoms with Gasteiger partial charge in [0.2, 0.25) is 0 Å². The zero-order chi connectivity index (χ0) is 14.4. The van der Waals surface area contributed by atoms with Crippen molar-refractivity contribution in [1.82, 2.24) is 20.0 Å². The van der Waals surface area contributed by atoms with Crippen LogP contribution >= 0.6 is 0 Å². The van der Waals surface area contributed by atoms with Crippen molar-refractivity contribution in [1.29, 1.82) is 0 Å². The van der Waals surface area contributed by atoms with E-state index in [0.29, 0.717) is 6.54 Å². The van der Waals surface area contributed by atoms with Crippen molar-refractivity contribution in [3.63, 3.8) is 0 Å². The van der Waals surface area contributed by atoms with E-state index >= 15 is 0 Å². The van der Waals surface area contributed by atoms with E-state index in [1.54, 1.807) is 31.2 Å². The van der Waals surface area contributed by atoms with Gasteiger partial charge in [-0.15, -0.1) is 0 Å². The molecular formula is C11H18N4O4. The summed E-state index contributed by atoms with van der Waals surface area (Å²) < 4.78 is 6.36. The highest BCUT2D eigenvalue weighted by atomic mass is 16.5. The lowest BCUT2D eigenvalue weighted by atomic mass is 10.3. The molecule has 1 atom stereocenters. The third-order valence-electron chi connectivity index (χ3n) is 2.52. The Morgan fingerprint density at radius 3 is 2.79 bits per heavy atom. The lowest BCUT2D eigenvalue weighted by Gasteiger charge is -2.18. The van der Waals surface area contributed by atoms with Crippen molar-refractivity contribution >= 4 is 12.0 Å². The monoisotopic (exact) mass is 270 g/mol. The molecule has 106 valence electrons. The predicted molar refractivity (Wildman–Crippen MR) is 66.5 cm³/mol. The standard InChI is InChI=1S/C11H18N4O4/c1-14(6-8-4-13-15(2)7-8)11(18)12-5-9(19-3)10(16)17/h4,7,9H,5-6H2,1-3H3,(H,12,18)(H,16,17).